The molecule has 2 N–H and O–H groups in total. The number of hydrogen-bond donors (Lipinski definition) is 1. The van der Waals surface area contributed by atoms with Crippen LogP contribution in [0, 0.1) is 0 Å². The van der Waals surface area contributed by atoms with Crippen LogP contribution in [0.1, 0.15) is 11.4 Å². The van der Waals surface area contributed by atoms with Crippen molar-refractivity contribution in [2.24, 2.45) is 5.73 Å². The number of anilines is 2. The molecular weight excluding hydrogens is 390 g/mol. The van der Waals surface area contributed by atoms with E-state index >= 15 is 0 Å². The fourth-order valence-corrected chi connectivity index (χ4v) is 4.01. The summed E-state index contributed by atoms with van der Waals surface area (Å²) in [6, 6.07) is 12.8. The summed E-state index contributed by atoms with van der Waals surface area (Å²) in [5, 5.41) is 8.77. The van der Waals surface area contributed by atoms with E-state index in [1.165, 1.54) is 16.9 Å². The number of aromatic nitrogens is 3. The van der Waals surface area contributed by atoms with E-state index in [9.17, 15) is 0 Å². The van der Waals surface area contributed by atoms with Crippen LogP contribution in [-0.2, 0) is 13.0 Å². The molecule has 2 aromatic carbocycles. The highest BCUT2D eigenvalue weighted by Crippen LogP contribution is 2.47. The smallest absolute Gasteiger partial charge is 0.170 e. The maximum absolute atomic E-state index is 5.91. The van der Waals surface area contributed by atoms with Crippen molar-refractivity contribution in [1.82, 2.24) is 14.8 Å². The van der Waals surface area contributed by atoms with E-state index in [0.717, 1.165) is 40.3 Å². The maximum atomic E-state index is 5.91. The Kier molecular flexibility index (Phi) is 3.63. The number of para-hydroxylation sites is 1. The summed E-state index contributed by atoms with van der Waals surface area (Å²) in [6.07, 6.45) is 1.05. The molecule has 0 spiro atoms. The molecule has 0 saturated carbocycles. The van der Waals surface area contributed by atoms with Crippen LogP contribution in [-0.4, -0.2) is 21.3 Å². The Labute approximate surface area is 154 Å². The van der Waals surface area contributed by atoms with E-state index in [4.69, 9.17) is 5.73 Å². The number of nitrogens with two attached hydrogens (primary N) is 1. The van der Waals surface area contributed by atoms with E-state index in [1.54, 1.807) is 0 Å². The molecule has 24 heavy (non-hydrogen) atoms. The molecule has 0 aliphatic carbocycles. The van der Waals surface area contributed by atoms with Gasteiger partial charge >= 0.3 is 0 Å². The van der Waals surface area contributed by atoms with Gasteiger partial charge in [0.1, 0.15) is 0 Å². The molecule has 0 radical (unpaired) electrons. The number of benzene rings is 2. The molecule has 5 rings (SSSR count). The summed E-state index contributed by atoms with van der Waals surface area (Å²) in [6.45, 7) is 1.34. The maximum Gasteiger partial charge on any atom is 0.170 e. The number of fused-ring (bicyclic) bond motifs is 5. The molecule has 1 aromatic heterocycles. The van der Waals surface area contributed by atoms with Crippen LogP contribution in [0.15, 0.2) is 40.9 Å². The SMILES string of the molecule is Cl.NCc1nnc2n1-c1cc(Br)ccc1N1CCc3cccc-2c31. The van der Waals surface area contributed by atoms with Gasteiger partial charge in [0.15, 0.2) is 11.6 Å². The summed E-state index contributed by atoms with van der Waals surface area (Å²) in [7, 11) is 0. The molecule has 3 aromatic rings. The highest BCUT2D eigenvalue weighted by molar-refractivity contribution is 9.10. The van der Waals surface area contributed by atoms with Crippen molar-refractivity contribution < 1.29 is 0 Å². The third-order valence-corrected chi connectivity index (χ3v) is 5.11. The third kappa shape index (κ3) is 1.97. The van der Waals surface area contributed by atoms with Gasteiger partial charge in [0.2, 0.25) is 0 Å². The van der Waals surface area contributed by atoms with Crippen LogP contribution >= 0.6 is 28.3 Å². The number of nitrogens with zero attached hydrogens (tertiary/aromatic N) is 4. The Morgan fingerprint density at radius 1 is 1.12 bits per heavy atom. The van der Waals surface area contributed by atoms with Gasteiger partial charge in [0.25, 0.3) is 0 Å². The van der Waals surface area contributed by atoms with Crippen LogP contribution in [0.5, 0.6) is 0 Å². The normalized spacial score (nSPS) is 13.7. The van der Waals surface area contributed by atoms with Crippen molar-refractivity contribution >= 4 is 39.7 Å². The Hall–Kier alpha value is -1.89. The third-order valence-electron chi connectivity index (χ3n) is 4.62. The highest BCUT2D eigenvalue weighted by Gasteiger charge is 2.32. The number of halogens is 2. The lowest BCUT2D eigenvalue weighted by Crippen LogP contribution is -2.15. The van der Waals surface area contributed by atoms with Gasteiger partial charge in [-0.3, -0.25) is 4.57 Å². The van der Waals surface area contributed by atoms with Crippen molar-refractivity contribution in [1.29, 1.82) is 0 Å². The van der Waals surface area contributed by atoms with Crippen LogP contribution < -0.4 is 10.6 Å². The molecule has 0 bridgehead atoms. The van der Waals surface area contributed by atoms with Crippen molar-refractivity contribution in [3.8, 4) is 17.1 Å². The molecule has 0 atom stereocenters. The summed E-state index contributed by atoms with van der Waals surface area (Å²) in [5.41, 5.74) is 11.9. The minimum absolute atomic E-state index is 0. The summed E-state index contributed by atoms with van der Waals surface area (Å²) >= 11 is 3.59. The Balaban J connectivity index is 0.00000146. The molecule has 0 saturated heterocycles. The van der Waals surface area contributed by atoms with Gasteiger partial charge in [-0.25, -0.2) is 0 Å². The van der Waals surface area contributed by atoms with Crippen LogP contribution in [0.4, 0.5) is 11.4 Å². The first-order chi connectivity index (χ1) is 11.3. The van der Waals surface area contributed by atoms with Gasteiger partial charge in [-0.05, 0) is 36.2 Å². The minimum atomic E-state index is 0. The Bertz CT molecular complexity index is 952. The topological polar surface area (TPSA) is 60.0 Å². The first kappa shape index (κ1) is 15.6. The van der Waals surface area contributed by atoms with Crippen molar-refractivity contribution in [3.05, 3.63) is 52.3 Å². The quantitative estimate of drug-likeness (QED) is 0.673. The molecule has 0 fully saturated rings. The molecule has 0 unspecified atom stereocenters. The lowest BCUT2D eigenvalue weighted by Gasteiger charge is -2.22. The molecule has 3 heterocycles. The second-order valence-corrected chi connectivity index (χ2v) is 6.74. The van der Waals surface area contributed by atoms with Crippen LogP contribution in [0.3, 0.4) is 0 Å². The van der Waals surface area contributed by atoms with Crippen molar-refractivity contribution in [2.45, 2.75) is 13.0 Å². The zero-order valence-electron chi connectivity index (χ0n) is 12.7. The van der Waals surface area contributed by atoms with Gasteiger partial charge in [-0.15, -0.1) is 22.6 Å². The standard InChI is InChI=1S/C17H14BrN5.ClH/c18-11-4-5-13-14(8-11)23-15(9-19)20-21-17(23)12-3-1-2-10-6-7-22(13)16(10)12;/h1-5,8H,6-7,9,19H2;1H. The Morgan fingerprint density at radius 3 is 2.83 bits per heavy atom. The van der Waals surface area contributed by atoms with Gasteiger partial charge < -0.3 is 10.6 Å². The van der Waals surface area contributed by atoms with Crippen molar-refractivity contribution in [3.63, 3.8) is 0 Å². The highest BCUT2D eigenvalue weighted by atomic mass is 79.9. The monoisotopic (exact) mass is 403 g/mol. The van der Waals surface area contributed by atoms with Gasteiger partial charge in [-0.2, -0.15) is 0 Å². The lowest BCUT2D eigenvalue weighted by molar-refractivity contribution is 0.859. The van der Waals surface area contributed by atoms with Crippen LogP contribution in [0.25, 0.3) is 17.1 Å². The predicted octanol–water partition coefficient (Wildman–Crippen LogP) is 3.58. The van der Waals surface area contributed by atoms with E-state index in [2.05, 4.69) is 72.0 Å². The van der Waals surface area contributed by atoms with Crippen molar-refractivity contribution in [2.75, 3.05) is 11.4 Å². The van der Waals surface area contributed by atoms with Crippen LogP contribution in [0.2, 0.25) is 0 Å². The number of hydrogen-bond acceptors (Lipinski definition) is 4. The van der Waals surface area contributed by atoms with E-state index in [0.29, 0.717) is 6.54 Å². The minimum Gasteiger partial charge on any atom is -0.339 e. The first-order valence-corrected chi connectivity index (χ1v) is 8.41. The van der Waals surface area contributed by atoms with Gasteiger partial charge in [0.05, 0.1) is 23.6 Å². The zero-order chi connectivity index (χ0) is 15.6. The fraction of sp³-hybridized carbons (Fsp3) is 0.176. The summed E-state index contributed by atoms with van der Waals surface area (Å²) < 4.78 is 3.12. The number of rotatable bonds is 1. The molecule has 2 aliphatic heterocycles. The lowest BCUT2D eigenvalue weighted by atomic mass is 10.1. The second-order valence-electron chi connectivity index (χ2n) is 5.83. The van der Waals surface area contributed by atoms with Gasteiger partial charge in [-0.1, -0.05) is 28.1 Å². The molecular formula is C17H15BrClN5. The molecule has 7 heteroatoms. The molecule has 2 aliphatic rings. The van der Waals surface area contributed by atoms with E-state index < -0.39 is 0 Å². The predicted molar refractivity (Wildman–Crippen MR) is 100 cm³/mol. The first-order valence-electron chi connectivity index (χ1n) is 7.62. The molecule has 122 valence electrons. The average molecular weight is 405 g/mol. The summed E-state index contributed by atoms with van der Waals surface area (Å²) in [4.78, 5) is 2.39. The molecule has 5 nitrogen and oxygen atoms in total. The zero-order valence-corrected chi connectivity index (χ0v) is 15.1. The largest absolute Gasteiger partial charge is 0.339 e. The average Bonchev–Trinajstić information content (AvgIpc) is 3.15. The van der Waals surface area contributed by atoms with E-state index in [1.807, 2.05) is 0 Å². The Morgan fingerprint density at radius 2 is 2.00 bits per heavy atom. The molecule has 0 amide bonds. The summed E-state index contributed by atoms with van der Waals surface area (Å²) in [5.74, 6) is 1.64. The van der Waals surface area contributed by atoms with E-state index in [-0.39, 0.29) is 12.4 Å². The fourth-order valence-electron chi connectivity index (χ4n) is 3.66. The second kappa shape index (κ2) is 5.58. The van der Waals surface area contributed by atoms with Gasteiger partial charge in [0, 0.05) is 16.6 Å².